The zero-order chi connectivity index (χ0) is 13.9. The van der Waals surface area contributed by atoms with Gasteiger partial charge in [0, 0.05) is 4.47 Å². The van der Waals surface area contributed by atoms with E-state index in [0.29, 0.717) is 18.4 Å². The molecule has 1 fully saturated rings. The molecule has 1 aliphatic rings. The van der Waals surface area contributed by atoms with E-state index in [2.05, 4.69) is 15.9 Å². The number of aliphatic hydroxyl groups is 1. The van der Waals surface area contributed by atoms with Gasteiger partial charge >= 0.3 is 5.97 Å². The van der Waals surface area contributed by atoms with Crippen LogP contribution >= 0.6 is 15.9 Å². The van der Waals surface area contributed by atoms with Crippen molar-refractivity contribution in [3.05, 3.63) is 34.3 Å². The van der Waals surface area contributed by atoms with Gasteiger partial charge in [-0.2, -0.15) is 0 Å². The second kappa shape index (κ2) is 6.06. The van der Waals surface area contributed by atoms with Crippen LogP contribution in [0.15, 0.2) is 28.7 Å². The Kier molecular flexibility index (Phi) is 4.63. The molecule has 104 valence electrons. The fourth-order valence-corrected chi connectivity index (χ4v) is 3.42. The summed E-state index contributed by atoms with van der Waals surface area (Å²) in [5.41, 5.74) is -0.449. The third-order valence-electron chi connectivity index (χ3n) is 3.94. The monoisotopic (exact) mass is 326 g/mol. The second-order valence-corrected chi connectivity index (χ2v) is 6.26. The molecule has 0 aliphatic heterocycles. The third kappa shape index (κ3) is 3.37. The molecule has 0 aromatic heterocycles. The average Bonchev–Trinajstić information content (AvgIpc) is 2.54. The second-order valence-electron chi connectivity index (χ2n) is 5.34. The van der Waals surface area contributed by atoms with Crippen molar-refractivity contribution in [1.29, 1.82) is 0 Å². The van der Waals surface area contributed by atoms with Crippen LogP contribution in [0, 0.1) is 0 Å². The minimum Gasteiger partial charge on any atom is -0.481 e. The number of carbonyl (C=O) groups is 1. The van der Waals surface area contributed by atoms with Crippen LogP contribution in [-0.2, 0) is 4.79 Å². The van der Waals surface area contributed by atoms with Gasteiger partial charge in [-0.25, -0.2) is 0 Å². The maximum Gasteiger partial charge on any atom is 0.313 e. The molecule has 1 saturated carbocycles. The van der Waals surface area contributed by atoms with Gasteiger partial charge in [0.1, 0.15) is 5.92 Å². The topological polar surface area (TPSA) is 57.5 Å². The molecule has 0 bridgehead atoms. The Morgan fingerprint density at radius 1 is 1.21 bits per heavy atom. The first-order valence-electron chi connectivity index (χ1n) is 6.73. The predicted molar refractivity (Wildman–Crippen MR) is 77.2 cm³/mol. The summed E-state index contributed by atoms with van der Waals surface area (Å²) in [7, 11) is 0. The van der Waals surface area contributed by atoms with Crippen molar-refractivity contribution in [2.45, 2.75) is 50.0 Å². The van der Waals surface area contributed by atoms with Crippen LogP contribution in [0.3, 0.4) is 0 Å². The summed E-state index contributed by atoms with van der Waals surface area (Å²) in [6.45, 7) is 0. The molecule has 3 nitrogen and oxygen atoms in total. The number of hydrogen-bond donors (Lipinski definition) is 2. The largest absolute Gasteiger partial charge is 0.481 e. The Morgan fingerprint density at radius 3 is 2.37 bits per heavy atom. The van der Waals surface area contributed by atoms with Crippen LogP contribution in [0.2, 0.25) is 0 Å². The highest BCUT2D eigenvalue weighted by molar-refractivity contribution is 9.10. The van der Waals surface area contributed by atoms with Gasteiger partial charge in [0.15, 0.2) is 0 Å². The van der Waals surface area contributed by atoms with Gasteiger partial charge in [0.2, 0.25) is 0 Å². The van der Waals surface area contributed by atoms with Gasteiger partial charge in [-0.3, -0.25) is 4.79 Å². The van der Waals surface area contributed by atoms with E-state index in [4.69, 9.17) is 0 Å². The van der Waals surface area contributed by atoms with E-state index < -0.39 is 17.5 Å². The smallest absolute Gasteiger partial charge is 0.313 e. The van der Waals surface area contributed by atoms with Gasteiger partial charge in [-0.05, 0) is 30.5 Å². The van der Waals surface area contributed by atoms with E-state index in [1.54, 1.807) is 12.1 Å². The molecule has 2 N–H and O–H groups in total. The molecule has 1 aliphatic carbocycles. The molecule has 1 aromatic rings. The summed E-state index contributed by atoms with van der Waals surface area (Å²) >= 11 is 3.36. The van der Waals surface area contributed by atoms with Crippen LogP contribution in [0.25, 0.3) is 0 Å². The highest BCUT2D eigenvalue weighted by Crippen LogP contribution is 2.39. The highest BCUT2D eigenvalue weighted by atomic mass is 79.9. The third-order valence-corrected chi connectivity index (χ3v) is 4.43. The van der Waals surface area contributed by atoms with Crippen LogP contribution in [0.5, 0.6) is 0 Å². The zero-order valence-electron chi connectivity index (χ0n) is 10.8. The SMILES string of the molecule is O=C(O)C(c1cccc(Br)c1)C1(O)CCCCCC1. The van der Waals surface area contributed by atoms with Gasteiger partial charge < -0.3 is 10.2 Å². The predicted octanol–water partition coefficient (Wildman–Crippen LogP) is 3.70. The molecule has 0 spiro atoms. The maximum absolute atomic E-state index is 11.7. The standard InChI is InChI=1S/C15H19BrO3/c16-12-7-5-6-11(10-12)13(14(17)18)15(19)8-3-1-2-4-9-15/h5-7,10,13,19H,1-4,8-9H2,(H,17,18). The van der Waals surface area contributed by atoms with Gasteiger partial charge in [-0.1, -0.05) is 53.7 Å². The van der Waals surface area contributed by atoms with E-state index in [-0.39, 0.29) is 0 Å². The number of carboxylic acids is 1. The minimum absolute atomic E-state index is 0.566. The molecule has 1 unspecified atom stereocenters. The summed E-state index contributed by atoms with van der Waals surface area (Å²) < 4.78 is 0.841. The number of aliphatic carboxylic acids is 1. The Bertz CT molecular complexity index is 450. The lowest BCUT2D eigenvalue weighted by Crippen LogP contribution is -2.40. The summed E-state index contributed by atoms with van der Waals surface area (Å²) in [6.07, 6.45) is 5.08. The van der Waals surface area contributed by atoms with Crippen molar-refractivity contribution in [2.24, 2.45) is 0 Å². The first-order valence-corrected chi connectivity index (χ1v) is 7.53. The first kappa shape index (κ1) is 14.5. The molecular formula is C15H19BrO3. The number of rotatable bonds is 3. The first-order chi connectivity index (χ1) is 9.03. The molecule has 1 atom stereocenters. The van der Waals surface area contributed by atoms with Crippen LogP contribution < -0.4 is 0 Å². The lowest BCUT2D eigenvalue weighted by atomic mass is 9.77. The molecular weight excluding hydrogens is 308 g/mol. The molecule has 0 amide bonds. The van der Waals surface area contributed by atoms with Gasteiger partial charge in [0.25, 0.3) is 0 Å². The molecule has 1 aromatic carbocycles. The average molecular weight is 327 g/mol. The van der Waals surface area contributed by atoms with E-state index in [9.17, 15) is 15.0 Å². The lowest BCUT2D eigenvalue weighted by molar-refractivity contribution is -0.146. The Morgan fingerprint density at radius 2 is 1.84 bits per heavy atom. The molecule has 0 heterocycles. The molecule has 0 radical (unpaired) electrons. The van der Waals surface area contributed by atoms with Crippen LogP contribution in [-0.4, -0.2) is 21.8 Å². The fraction of sp³-hybridized carbons (Fsp3) is 0.533. The van der Waals surface area contributed by atoms with E-state index in [1.165, 1.54) is 0 Å². The zero-order valence-corrected chi connectivity index (χ0v) is 12.4. The van der Waals surface area contributed by atoms with Crippen molar-refractivity contribution in [1.82, 2.24) is 0 Å². The number of benzene rings is 1. The molecule has 0 saturated heterocycles. The molecule has 2 rings (SSSR count). The lowest BCUT2D eigenvalue weighted by Gasteiger charge is -2.33. The normalized spacial score (nSPS) is 20.5. The Balaban J connectivity index is 2.36. The summed E-state index contributed by atoms with van der Waals surface area (Å²) in [6, 6.07) is 7.25. The Labute approximate surface area is 121 Å². The summed E-state index contributed by atoms with van der Waals surface area (Å²) in [5.74, 6) is -1.79. The maximum atomic E-state index is 11.7. The van der Waals surface area contributed by atoms with Crippen molar-refractivity contribution < 1.29 is 15.0 Å². The minimum atomic E-state index is -1.12. The van der Waals surface area contributed by atoms with E-state index in [1.807, 2.05) is 12.1 Å². The van der Waals surface area contributed by atoms with Crippen molar-refractivity contribution >= 4 is 21.9 Å². The summed E-state index contributed by atoms with van der Waals surface area (Å²) in [4.78, 5) is 11.7. The molecule has 19 heavy (non-hydrogen) atoms. The van der Waals surface area contributed by atoms with E-state index in [0.717, 1.165) is 30.2 Å². The number of hydrogen-bond acceptors (Lipinski definition) is 2. The van der Waals surface area contributed by atoms with Gasteiger partial charge in [-0.15, -0.1) is 0 Å². The number of halogens is 1. The van der Waals surface area contributed by atoms with Crippen molar-refractivity contribution in [3.63, 3.8) is 0 Å². The van der Waals surface area contributed by atoms with Gasteiger partial charge in [0.05, 0.1) is 5.60 Å². The summed E-state index contributed by atoms with van der Waals surface area (Å²) in [5, 5.41) is 20.4. The van der Waals surface area contributed by atoms with Crippen LogP contribution in [0.4, 0.5) is 0 Å². The van der Waals surface area contributed by atoms with E-state index >= 15 is 0 Å². The Hall–Kier alpha value is -0.870. The number of carboxylic acid groups (broad SMARTS) is 1. The fourth-order valence-electron chi connectivity index (χ4n) is 3.00. The van der Waals surface area contributed by atoms with Crippen LogP contribution in [0.1, 0.15) is 50.0 Å². The highest BCUT2D eigenvalue weighted by Gasteiger charge is 2.42. The quantitative estimate of drug-likeness (QED) is 0.832. The van der Waals surface area contributed by atoms with Crippen molar-refractivity contribution in [3.8, 4) is 0 Å². The van der Waals surface area contributed by atoms with Crippen molar-refractivity contribution in [2.75, 3.05) is 0 Å². The molecule has 4 heteroatoms.